The van der Waals surface area contributed by atoms with Crippen LogP contribution in [0.3, 0.4) is 0 Å². The summed E-state index contributed by atoms with van der Waals surface area (Å²) in [5, 5.41) is 4.24. The number of nitrogens with zero attached hydrogens (tertiary/aromatic N) is 4. The summed E-state index contributed by atoms with van der Waals surface area (Å²) in [6, 6.07) is 0.287. The summed E-state index contributed by atoms with van der Waals surface area (Å²) in [4.78, 5) is 29.7. The van der Waals surface area contributed by atoms with Crippen LogP contribution in [0.4, 0.5) is 0 Å². The lowest BCUT2D eigenvalue weighted by Gasteiger charge is -2.36. The largest absolute Gasteiger partial charge is 0.337 e. The van der Waals surface area contributed by atoms with Crippen molar-refractivity contribution in [3.8, 4) is 0 Å². The first-order valence-electron chi connectivity index (χ1n) is 9.84. The van der Waals surface area contributed by atoms with Crippen molar-refractivity contribution in [2.45, 2.75) is 77.4 Å². The summed E-state index contributed by atoms with van der Waals surface area (Å²) in [5.41, 5.74) is 0.828. The fraction of sp³-hybridized carbons (Fsp3) is 0.750. The lowest BCUT2D eigenvalue weighted by Crippen LogP contribution is -2.46. The van der Waals surface area contributed by atoms with Crippen LogP contribution in [0.2, 0.25) is 0 Å². The van der Waals surface area contributed by atoms with E-state index in [1.165, 1.54) is 19.3 Å². The molecule has 1 aromatic rings. The standard InChI is InChI=1S/C20H32N4O2/c1-20(2,3)24-14-16(10-18(24)25)19(26)23(17-8-6-5-7-9-17)13-15-11-21-22(4)12-15/h11-12,16-17H,5-10,13-14H2,1-4H3. The summed E-state index contributed by atoms with van der Waals surface area (Å²) in [6.45, 7) is 7.24. The van der Waals surface area contributed by atoms with E-state index < -0.39 is 0 Å². The quantitative estimate of drug-likeness (QED) is 0.829. The lowest BCUT2D eigenvalue weighted by atomic mass is 9.92. The van der Waals surface area contributed by atoms with Crippen molar-refractivity contribution in [1.82, 2.24) is 19.6 Å². The minimum atomic E-state index is -0.231. The maximum absolute atomic E-state index is 13.4. The van der Waals surface area contributed by atoms with Crippen molar-refractivity contribution < 1.29 is 9.59 Å². The number of carbonyl (C=O) groups excluding carboxylic acids is 2. The fourth-order valence-corrected chi connectivity index (χ4v) is 4.29. The van der Waals surface area contributed by atoms with Gasteiger partial charge in [0.1, 0.15) is 0 Å². The van der Waals surface area contributed by atoms with Crippen LogP contribution in [-0.2, 0) is 23.2 Å². The maximum Gasteiger partial charge on any atom is 0.228 e. The Hall–Kier alpha value is -1.85. The highest BCUT2D eigenvalue weighted by Crippen LogP contribution is 2.30. The average Bonchev–Trinajstić information content (AvgIpc) is 3.18. The second-order valence-electron chi connectivity index (χ2n) is 8.86. The molecule has 6 nitrogen and oxygen atoms in total. The molecule has 3 rings (SSSR count). The SMILES string of the molecule is Cn1cc(CN(C(=O)C2CC(=O)N(C(C)(C)C)C2)C2CCCCC2)cn1. The van der Waals surface area contributed by atoms with E-state index in [0.29, 0.717) is 19.5 Å². The van der Waals surface area contributed by atoms with Gasteiger partial charge < -0.3 is 9.80 Å². The summed E-state index contributed by atoms with van der Waals surface area (Å²) in [6.07, 6.45) is 9.90. The highest BCUT2D eigenvalue weighted by atomic mass is 16.2. The monoisotopic (exact) mass is 360 g/mol. The molecule has 1 aliphatic heterocycles. The zero-order valence-electron chi connectivity index (χ0n) is 16.6. The van der Waals surface area contributed by atoms with Gasteiger partial charge >= 0.3 is 0 Å². The highest BCUT2D eigenvalue weighted by molar-refractivity contribution is 5.89. The molecule has 26 heavy (non-hydrogen) atoms. The Balaban J connectivity index is 1.77. The zero-order valence-corrected chi connectivity index (χ0v) is 16.6. The first-order chi connectivity index (χ1) is 12.3. The zero-order chi connectivity index (χ0) is 18.9. The molecule has 1 saturated carbocycles. The van der Waals surface area contributed by atoms with Gasteiger partial charge in [-0.2, -0.15) is 5.10 Å². The summed E-state index contributed by atoms with van der Waals surface area (Å²) in [5.74, 6) is 0.0157. The van der Waals surface area contributed by atoms with E-state index in [0.717, 1.165) is 18.4 Å². The summed E-state index contributed by atoms with van der Waals surface area (Å²) < 4.78 is 1.78. The van der Waals surface area contributed by atoms with Gasteiger partial charge in [-0.25, -0.2) is 0 Å². The molecule has 0 bridgehead atoms. The van der Waals surface area contributed by atoms with Crippen molar-refractivity contribution in [2.24, 2.45) is 13.0 Å². The van der Waals surface area contributed by atoms with E-state index in [1.807, 2.05) is 50.0 Å². The van der Waals surface area contributed by atoms with Crippen LogP contribution >= 0.6 is 0 Å². The Morgan fingerprint density at radius 1 is 1.27 bits per heavy atom. The van der Waals surface area contributed by atoms with Gasteiger partial charge in [-0.05, 0) is 33.6 Å². The van der Waals surface area contributed by atoms with Crippen LogP contribution in [0, 0.1) is 5.92 Å². The van der Waals surface area contributed by atoms with E-state index >= 15 is 0 Å². The Morgan fingerprint density at radius 3 is 2.50 bits per heavy atom. The minimum Gasteiger partial charge on any atom is -0.337 e. The number of aromatic nitrogens is 2. The molecule has 1 unspecified atom stereocenters. The molecule has 1 aliphatic carbocycles. The van der Waals surface area contributed by atoms with E-state index in [4.69, 9.17) is 0 Å². The first kappa shape index (κ1) is 18.9. The molecule has 2 amide bonds. The fourth-order valence-electron chi connectivity index (χ4n) is 4.29. The van der Waals surface area contributed by atoms with Crippen LogP contribution in [0.5, 0.6) is 0 Å². The van der Waals surface area contributed by atoms with Crippen LogP contribution in [0.1, 0.15) is 64.9 Å². The molecular weight excluding hydrogens is 328 g/mol. The maximum atomic E-state index is 13.4. The molecule has 2 fully saturated rings. The van der Waals surface area contributed by atoms with Crippen molar-refractivity contribution in [1.29, 1.82) is 0 Å². The van der Waals surface area contributed by atoms with Gasteiger partial charge in [-0.15, -0.1) is 0 Å². The Labute approximate surface area is 156 Å². The first-order valence-corrected chi connectivity index (χ1v) is 9.84. The lowest BCUT2D eigenvalue weighted by molar-refractivity contribution is -0.139. The Morgan fingerprint density at radius 2 is 1.96 bits per heavy atom. The predicted molar refractivity (Wildman–Crippen MR) is 100 cm³/mol. The van der Waals surface area contributed by atoms with Gasteiger partial charge in [0.2, 0.25) is 11.8 Å². The van der Waals surface area contributed by atoms with Crippen molar-refractivity contribution in [2.75, 3.05) is 6.54 Å². The molecule has 0 aromatic carbocycles. The molecule has 6 heteroatoms. The normalized spacial score (nSPS) is 22.1. The summed E-state index contributed by atoms with van der Waals surface area (Å²) >= 11 is 0. The van der Waals surface area contributed by atoms with Crippen molar-refractivity contribution in [3.63, 3.8) is 0 Å². The van der Waals surface area contributed by atoms with E-state index in [-0.39, 0.29) is 29.3 Å². The number of rotatable bonds is 4. The highest BCUT2D eigenvalue weighted by Gasteiger charge is 2.42. The van der Waals surface area contributed by atoms with E-state index in [9.17, 15) is 9.59 Å². The number of hydrogen-bond donors (Lipinski definition) is 0. The van der Waals surface area contributed by atoms with Gasteiger partial charge in [-0.1, -0.05) is 19.3 Å². The Bertz CT molecular complexity index is 655. The predicted octanol–water partition coefficient (Wildman–Crippen LogP) is 2.73. The molecule has 0 spiro atoms. The minimum absolute atomic E-state index is 0.0980. The smallest absolute Gasteiger partial charge is 0.228 e. The number of likely N-dealkylation sites (tertiary alicyclic amines) is 1. The molecule has 0 N–H and O–H groups in total. The van der Waals surface area contributed by atoms with Crippen LogP contribution in [0.15, 0.2) is 12.4 Å². The van der Waals surface area contributed by atoms with Gasteiger partial charge in [-0.3, -0.25) is 14.3 Å². The Kier molecular flexibility index (Phi) is 5.39. The second kappa shape index (κ2) is 7.41. The molecule has 2 aliphatic rings. The van der Waals surface area contributed by atoms with Gasteiger partial charge in [0.15, 0.2) is 0 Å². The third kappa shape index (κ3) is 4.10. The average molecular weight is 361 g/mol. The second-order valence-corrected chi connectivity index (χ2v) is 8.86. The molecule has 0 radical (unpaired) electrons. The number of carbonyl (C=O) groups is 2. The molecule has 1 aromatic heterocycles. The third-order valence-electron chi connectivity index (χ3n) is 5.69. The van der Waals surface area contributed by atoms with Crippen molar-refractivity contribution >= 4 is 11.8 Å². The van der Waals surface area contributed by atoms with Crippen LogP contribution in [-0.4, -0.2) is 49.5 Å². The van der Waals surface area contributed by atoms with E-state index in [2.05, 4.69) is 5.10 Å². The topological polar surface area (TPSA) is 58.4 Å². The molecule has 144 valence electrons. The molecule has 1 saturated heterocycles. The molecular formula is C20H32N4O2. The van der Waals surface area contributed by atoms with Crippen LogP contribution in [0.25, 0.3) is 0 Å². The third-order valence-corrected chi connectivity index (χ3v) is 5.69. The van der Waals surface area contributed by atoms with E-state index in [1.54, 1.807) is 4.68 Å². The van der Waals surface area contributed by atoms with Gasteiger partial charge in [0.05, 0.1) is 12.1 Å². The molecule has 2 heterocycles. The van der Waals surface area contributed by atoms with Gasteiger partial charge in [0, 0.05) is 49.9 Å². The number of aryl methyl sites for hydroxylation is 1. The number of amides is 2. The van der Waals surface area contributed by atoms with Gasteiger partial charge in [0.25, 0.3) is 0 Å². The van der Waals surface area contributed by atoms with Crippen molar-refractivity contribution in [3.05, 3.63) is 18.0 Å². The summed E-state index contributed by atoms with van der Waals surface area (Å²) in [7, 11) is 1.90. The molecule has 1 atom stereocenters. The number of hydrogen-bond acceptors (Lipinski definition) is 3. The van der Waals surface area contributed by atoms with Crippen LogP contribution < -0.4 is 0 Å².